The van der Waals surface area contributed by atoms with Crippen LogP contribution in [0.3, 0.4) is 0 Å². The van der Waals surface area contributed by atoms with Crippen molar-refractivity contribution in [1.82, 2.24) is 4.57 Å². The fourth-order valence-corrected chi connectivity index (χ4v) is 4.24. The summed E-state index contributed by atoms with van der Waals surface area (Å²) in [6.07, 6.45) is 1.58. The number of alkyl halides is 2. The third-order valence-corrected chi connectivity index (χ3v) is 6.04. The van der Waals surface area contributed by atoms with Crippen molar-refractivity contribution in [3.05, 3.63) is 65.4 Å². The monoisotopic (exact) mass is 437 g/mol. The van der Waals surface area contributed by atoms with Gasteiger partial charge >= 0.3 is 0 Å². The third kappa shape index (κ3) is 3.72. The first kappa shape index (κ1) is 21.9. The number of hydrazone groups is 1. The van der Waals surface area contributed by atoms with Crippen LogP contribution in [0.2, 0.25) is 0 Å². The topological polar surface area (TPSA) is 54.7 Å². The number of anilines is 1. The molecule has 1 aliphatic heterocycles. The van der Waals surface area contributed by atoms with E-state index in [0.29, 0.717) is 17.0 Å². The maximum absolute atomic E-state index is 14.0. The Kier molecular flexibility index (Phi) is 5.44. The van der Waals surface area contributed by atoms with Crippen molar-refractivity contribution in [3.8, 4) is 0 Å². The summed E-state index contributed by atoms with van der Waals surface area (Å²) in [7, 11) is 1.93. The van der Waals surface area contributed by atoms with E-state index in [0.717, 1.165) is 16.5 Å². The van der Waals surface area contributed by atoms with E-state index < -0.39 is 17.7 Å². The van der Waals surface area contributed by atoms with Crippen molar-refractivity contribution in [1.29, 1.82) is 0 Å². The summed E-state index contributed by atoms with van der Waals surface area (Å²) in [5.74, 6) is -4.75. The number of hydrogen-bond donors (Lipinski definition) is 0. The molecule has 2 heterocycles. The lowest BCUT2D eigenvalue weighted by Crippen LogP contribution is -2.33. The minimum absolute atomic E-state index is 0.110. The van der Waals surface area contributed by atoms with Gasteiger partial charge in [0.05, 0.1) is 16.9 Å². The molecule has 2 aromatic carbocycles. The van der Waals surface area contributed by atoms with Crippen LogP contribution in [0.1, 0.15) is 37.0 Å². The van der Waals surface area contributed by atoms with Gasteiger partial charge in [0.15, 0.2) is 5.78 Å². The van der Waals surface area contributed by atoms with Crippen molar-refractivity contribution in [3.63, 3.8) is 0 Å². The van der Waals surface area contributed by atoms with Crippen molar-refractivity contribution < 1.29 is 18.4 Å². The number of hydrogen-bond acceptors (Lipinski definition) is 3. The molecule has 1 atom stereocenters. The Balaban J connectivity index is 1.57. The first-order valence-electron chi connectivity index (χ1n) is 10.6. The molecule has 0 saturated carbocycles. The number of ketones is 1. The van der Waals surface area contributed by atoms with Crippen LogP contribution >= 0.6 is 0 Å². The van der Waals surface area contributed by atoms with Crippen LogP contribution < -0.4 is 5.01 Å². The first-order valence-corrected chi connectivity index (χ1v) is 10.6. The van der Waals surface area contributed by atoms with Crippen LogP contribution in [0.4, 0.5) is 14.5 Å². The molecule has 0 radical (unpaired) electrons. The van der Waals surface area contributed by atoms with Gasteiger partial charge in [0.1, 0.15) is 5.92 Å². The number of nitrogens with zero attached hydrogens (tertiary/aromatic N) is 3. The number of rotatable bonds is 6. The lowest BCUT2D eigenvalue weighted by atomic mass is 9.92. The smallest absolute Gasteiger partial charge is 0.273 e. The van der Waals surface area contributed by atoms with Crippen molar-refractivity contribution in [2.45, 2.75) is 39.5 Å². The molecule has 1 aromatic heterocycles. The van der Waals surface area contributed by atoms with Crippen molar-refractivity contribution in [2.75, 3.05) is 5.01 Å². The van der Waals surface area contributed by atoms with Gasteiger partial charge in [-0.05, 0) is 43.2 Å². The van der Waals surface area contributed by atoms with E-state index in [4.69, 9.17) is 0 Å². The summed E-state index contributed by atoms with van der Waals surface area (Å²) >= 11 is 0. The van der Waals surface area contributed by atoms with Crippen LogP contribution in [0.15, 0.2) is 53.8 Å². The number of aromatic nitrogens is 1. The molecule has 0 bridgehead atoms. The first-order chi connectivity index (χ1) is 15.1. The van der Waals surface area contributed by atoms with E-state index >= 15 is 0 Å². The standard InChI is InChI=1S/C25H25F2N3O2/c1-5-25(26,27)18-8-6-7-17(11-18)12-22(31)23-16(3)28-30(24(23)32)19-9-10-20-15(2)14-29(4)21(20)13-19/h6-11,13-14,23H,5,12H2,1-4H3. The zero-order chi connectivity index (χ0) is 23.2. The number of fused-ring (bicyclic) bond motifs is 1. The summed E-state index contributed by atoms with van der Waals surface area (Å²) in [5.41, 5.74) is 3.41. The molecule has 4 rings (SSSR count). The largest absolute Gasteiger partial charge is 0.350 e. The van der Waals surface area contributed by atoms with Gasteiger partial charge in [-0.15, -0.1) is 0 Å². The van der Waals surface area contributed by atoms with E-state index in [-0.39, 0.29) is 24.2 Å². The average Bonchev–Trinajstić information content (AvgIpc) is 3.22. The van der Waals surface area contributed by atoms with Crippen LogP contribution in [0, 0.1) is 12.8 Å². The highest BCUT2D eigenvalue weighted by molar-refractivity contribution is 6.27. The number of halogens is 2. The predicted molar refractivity (Wildman–Crippen MR) is 121 cm³/mol. The van der Waals surface area contributed by atoms with Crippen LogP contribution in [-0.4, -0.2) is 22.0 Å². The minimum atomic E-state index is -2.95. The highest BCUT2D eigenvalue weighted by Gasteiger charge is 2.39. The molecule has 7 heteroatoms. The second-order valence-electron chi connectivity index (χ2n) is 8.35. The summed E-state index contributed by atoms with van der Waals surface area (Å²) in [5, 5.41) is 6.70. The van der Waals surface area contributed by atoms with Crippen LogP contribution in [0.25, 0.3) is 10.9 Å². The Hall–Kier alpha value is -3.35. The minimum Gasteiger partial charge on any atom is -0.350 e. The molecule has 1 aliphatic rings. The Morgan fingerprint density at radius 1 is 1.16 bits per heavy atom. The Morgan fingerprint density at radius 3 is 2.62 bits per heavy atom. The third-order valence-electron chi connectivity index (χ3n) is 6.04. The van der Waals surface area contributed by atoms with E-state index in [1.165, 1.54) is 30.1 Å². The van der Waals surface area contributed by atoms with E-state index in [1.807, 2.05) is 42.9 Å². The number of aryl methyl sites for hydroxylation is 2. The maximum Gasteiger partial charge on any atom is 0.273 e. The van der Waals surface area contributed by atoms with E-state index in [2.05, 4.69) is 5.10 Å². The van der Waals surface area contributed by atoms with Gasteiger partial charge in [-0.2, -0.15) is 10.1 Å². The molecule has 32 heavy (non-hydrogen) atoms. The molecule has 0 fully saturated rings. The molecule has 0 N–H and O–H groups in total. The number of amides is 1. The molecule has 5 nitrogen and oxygen atoms in total. The fraction of sp³-hybridized carbons (Fsp3) is 0.320. The quantitative estimate of drug-likeness (QED) is 0.502. The van der Waals surface area contributed by atoms with Gasteiger partial charge in [0, 0.05) is 37.0 Å². The Morgan fingerprint density at radius 2 is 1.91 bits per heavy atom. The number of benzene rings is 2. The Labute approximate surface area is 185 Å². The average molecular weight is 437 g/mol. The zero-order valence-electron chi connectivity index (χ0n) is 18.5. The highest BCUT2D eigenvalue weighted by Crippen LogP contribution is 2.33. The van der Waals surface area contributed by atoms with Gasteiger partial charge in [-0.25, -0.2) is 8.78 Å². The van der Waals surface area contributed by atoms with Gasteiger partial charge < -0.3 is 4.57 Å². The molecule has 3 aromatic rings. The molecular formula is C25H25F2N3O2. The molecule has 1 amide bonds. The van der Waals surface area contributed by atoms with Gasteiger partial charge in [-0.3, -0.25) is 9.59 Å². The molecule has 1 unspecified atom stereocenters. The fourth-order valence-electron chi connectivity index (χ4n) is 4.24. The second kappa shape index (κ2) is 7.97. The summed E-state index contributed by atoms with van der Waals surface area (Å²) in [6, 6.07) is 11.5. The summed E-state index contributed by atoms with van der Waals surface area (Å²) < 4.78 is 30.1. The molecule has 0 saturated heterocycles. The number of Topliss-reactive ketones (excluding diaryl/α,β-unsaturated/α-hetero) is 1. The number of carbonyl (C=O) groups is 2. The van der Waals surface area contributed by atoms with Crippen molar-refractivity contribution >= 4 is 34.0 Å². The van der Waals surface area contributed by atoms with Crippen LogP contribution in [-0.2, 0) is 29.0 Å². The Bertz CT molecular complexity index is 1260. The molecular weight excluding hydrogens is 412 g/mol. The van der Waals surface area contributed by atoms with Crippen LogP contribution in [0.5, 0.6) is 0 Å². The number of carbonyl (C=O) groups excluding carboxylic acids is 2. The van der Waals surface area contributed by atoms with Gasteiger partial charge in [0.2, 0.25) is 0 Å². The summed E-state index contributed by atoms with van der Waals surface area (Å²) in [6.45, 7) is 5.08. The summed E-state index contributed by atoms with van der Waals surface area (Å²) in [4.78, 5) is 26.1. The molecule has 0 aliphatic carbocycles. The lowest BCUT2D eigenvalue weighted by molar-refractivity contribution is -0.128. The predicted octanol–water partition coefficient (Wildman–Crippen LogP) is 5.14. The van der Waals surface area contributed by atoms with E-state index in [1.54, 1.807) is 13.0 Å². The van der Waals surface area contributed by atoms with Crippen molar-refractivity contribution in [2.24, 2.45) is 18.1 Å². The van der Waals surface area contributed by atoms with E-state index in [9.17, 15) is 18.4 Å². The molecule has 166 valence electrons. The normalized spacial score (nSPS) is 16.7. The maximum atomic E-state index is 14.0. The van der Waals surface area contributed by atoms with Gasteiger partial charge in [-0.1, -0.05) is 31.2 Å². The lowest BCUT2D eigenvalue weighted by Gasteiger charge is -2.16. The highest BCUT2D eigenvalue weighted by atomic mass is 19.3. The zero-order valence-corrected chi connectivity index (χ0v) is 18.5. The van der Waals surface area contributed by atoms with Gasteiger partial charge in [0.25, 0.3) is 11.8 Å². The molecule has 0 spiro atoms. The second-order valence-corrected chi connectivity index (χ2v) is 8.35. The SMILES string of the molecule is CCC(F)(F)c1cccc(CC(=O)C2C(=O)N(c3ccc4c(C)cn(C)c4c3)N=C2C)c1.